The molecule has 4 atom stereocenters. The Morgan fingerprint density at radius 2 is 1.79 bits per heavy atom. The number of phenols is 1. The number of aromatic hydroxyl groups is 1. The third-order valence-electron chi connectivity index (χ3n) is 7.32. The zero-order valence-electron chi connectivity index (χ0n) is 21.4. The molecule has 204 valence electrons. The molecule has 2 aliphatic heterocycles. The van der Waals surface area contributed by atoms with Gasteiger partial charge >= 0.3 is 11.9 Å². The quantitative estimate of drug-likeness (QED) is 0.412. The van der Waals surface area contributed by atoms with Crippen molar-refractivity contribution in [3.8, 4) is 28.7 Å². The van der Waals surface area contributed by atoms with Crippen LogP contribution in [0.2, 0.25) is 0 Å². The van der Waals surface area contributed by atoms with Gasteiger partial charge in [0.05, 0.1) is 39.4 Å². The smallest absolute Gasteiger partial charge is 0.357 e. The largest absolute Gasteiger partial charge is 0.502 e. The molecule has 3 aliphatic rings. The van der Waals surface area contributed by atoms with Gasteiger partial charge in [0.2, 0.25) is 12.5 Å². The SMILES string of the molecule is CCOC(=O)c1csc(N[C@@H]2c3cc4c(cc3[C@@H](c3cc(OC)c(O)c(OC)c3)[C@H]3C(=O)OC[C@@H]32)OCO4)n1. The van der Waals surface area contributed by atoms with E-state index in [-0.39, 0.29) is 60.9 Å². The highest BCUT2D eigenvalue weighted by Crippen LogP contribution is 2.56. The van der Waals surface area contributed by atoms with E-state index in [1.165, 1.54) is 25.6 Å². The number of carbonyl (C=O) groups excluding carboxylic acids is 2. The molecule has 0 unspecified atom stereocenters. The fourth-order valence-electron chi connectivity index (χ4n) is 5.61. The molecular formula is C27H26N2O9S. The van der Waals surface area contributed by atoms with E-state index in [0.717, 1.165) is 11.1 Å². The minimum Gasteiger partial charge on any atom is -0.502 e. The number of rotatable bonds is 7. The van der Waals surface area contributed by atoms with E-state index in [1.54, 1.807) is 24.4 Å². The Kier molecular flexibility index (Phi) is 6.34. The van der Waals surface area contributed by atoms with Gasteiger partial charge in [-0.3, -0.25) is 4.79 Å². The number of fused-ring (bicyclic) bond motifs is 3. The van der Waals surface area contributed by atoms with Crippen molar-refractivity contribution in [2.45, 2.75) is 18.9 Å². The number of phenolic OH excluding ortho intramolecular Hbond substituents is 1. The van der Waals surface area contributed by atoms with Gasteiger partial charge in [-0.15, -0.1) is 11.3 Å². The fourth-order valence-corrected chi connectivity index (χ4v) is 6.33. The molecule has 0 saturated carbocycles. The van der Waals surface area contributed by atoms with Crippen molar-refractivity contribution in [1.82, 2.24) is 4.98 Å². The summed E-state index contributed by atoms with van der Waals surface area (Å²) in [4.78, 5) is 29.9. The summed E-state index contributed by atoms with van der Waals surface area (Å²) >= 11 is 1.28. The number of cyclic esters (lactones) is 1. The molecule has 1 aliphatic carbocycles. The van der Waals surface area contributed by atoms with Gasteiger partial charge < -0.3 is 38.8 Å². The predicted octanol–water partition coefficient (Wildman–Crippen LogP) is 3.86. The maximum absolute atomic E-state index is 13.3. The summed E-state index contributed by atoms with van der Waals surface area (Å²) in [6.07, 6.45) is 0. The van der Waals surface area contributed by atoms with E-state index in [9.17, 15) is 14.7 Å². The van der Waals surface area contributed by atoms with Crippen LogP contribution in [-0.2, 0) is 14.3 Å². The Balaban J connectivity index is 1.49. The number of nitrogens with zero attached hydrogens (tertiary/aromatic N) is 1. The molecule has 0 spiro atoms. The second-order valence-electron chi connectivity index (χ2n) is 9.29. The van der Waals surface area contributed by atoms with Crippen LogP contribution in [0.5, 0.6) is 28.7 Å². The molecule has 1 fully saturated rings. The van der Waals surface area contributed by atoms with Gasteiger partial charge in [0.25, 0.3) is 0 Å². The minimum absolute atomic E-state index is 0.0894. The third kappa shape index (κ3) is 4.15. The first-order valence-electron chi connectivity index (χ1n) is 12.4. The van der Waals surface area contributed by atoms with E-state index < -0.39 is 17.8 Å². The lowest BCUT2D eigenvalue weighted by Crippen LogP contribution is -2.37. The Morgan fingerprint density at radius 1 is 1.10 bits per heavy atom. The van der Waals surface area contributed by atoms with E-state index in [0.29, 0.717) is 22.2 Å². The first-order valence-corrected chi connectivity index (χ1v) is 13.3. The predicted molar refractivity (Wildman–Crippen MR) is 138 cm³/mol. The first kappa shape index (κ1) is 25.1. The van der Waals surface area contributed by atoms with Crippen LogP contribution in [-0.4, -0.2) is 56.3 Å². The van der Waals surface area contributed by atoms with E-state index in [2.05, 4.69) is 10.3 Å². The van der Waals surface area contributed by atoms with Gasteiger partial charge in [-0.25, -0.2) is 9.78 Å². The number of aromatic nitrogens is 1. The Labute approximate surface area is 227 Å². The number of hydrogen-bond donors (Lipinski definition) is 2. The highest BCUT2D eigenvalue weighted by Gasteiger charge is 2.53. The van der Waals surface area contributed by atoms with Crippen LogP contribution in [0, 0.1) is 11.8 Å². The maximum atomic E-state index is 13.3. The monoisotopic (exact) mass is 554 g/mol. The van der Waals surface area contributed by atoms with Crippen LogP contribution >= 0.6 is 11.3 Å². The van der Waals surface area contributed by atoms with Crippen LogP contribution in [0.25, 0.3) is 0 Å². The van der Waals surface area contributed by atoms with Gasteiger partial charge in [0, 0.05) is 17.2 Å². The molecule has 6 rings (SSSR count). The number of nitrogens with one attached hydrogen (secondary N) is 1. The van der Waals surface area contributed by atoms with Gasteiger partial charge in [0.15, 0.2) is 33.8 Å². The molecule has 0 radical (unpaired) electrons. The summed E-state index contributed by atoms with van der Waals surface area (Å²) < 4.78 is 32.9. The molecule has 12 heteroatoms. The zero-order chi connectivity index (χ0) is 27.3. The van der Waals surface area contributed by atoms with Gasteiger partial charge in [-0.05, 0) is 47.9 Å². The molecule has 0 amide bonds. The molecular weight excluding hydrogens is 528 g/mol. The van der Waals surface area contributed by atoms with Crippen molar-refractivity contribution < 1.29 is 43.1 Å². The Morgan fingerprint density at radius 3 is 2.46 bits per heavy atom. The summed E-state index contributed by atoms with van der Waals surface area (Å²) in [6, 6.07) is 6.83. The topological polar surface area (TPSA) is 135 Å². The fraction of sp³-hybridized carbons (Fsp3) is 0.370. The summed E-state index contributed by atoms with van der Waals surface area (Å²) in [5.41, 5.74) is 2.63. The van der Waals surface area contributed by atoms with Crippen LogP contribution < -0.4 is 24.3 Å². The van der Waals surface area contributed by atoms with E-state index in [4.69, 9.17) is 28.4 Å². The number of benzene rings is 2. The Hall–Kier alpha value is -4.19. The van der Waals surface area contributed by atoms with Gasteiger partial charge in [0.1, 0.15) is 0 Å². The molecule has 2 N–H and O–H groups in total. The standard InChI is InChI=1S/C27H26N2O9S/c1-4-35-25(31)16-10-39-27(28-16)29-23-14-8-18-17(37-11-38-18)7-13(14)21(22-15(23)9-36-26(22)32)12-5-19(33-2)24(30)20(6-12)34-3/h5-8,10,15,21-23,30H,4,9,11H2,1-3H3,(H,28,29)/t15-,21+,22-,23+/m0/s1. The molecule has 1 aromatic heterocycles. The summed E-state index contributed by atoms with van der Waals surface area (Å²) in [5, 5.41) is 16.1. The highest BCUT2D eigenvalue weighted by atomic mass is 32.1. The first-order chi connectivity index (χ1) is 18.9. The molecule has 3 heterocycles. The maximum Gasteiger partial charge on any atom is 0.357 e. The molecule has 2 aromatic carbocycles. The zero-order valence-corrected chi connectivity index (χ0v) is 22.2. The number of ether oxygens (including phenoxy) is 6. The molecule has 3 aromatic rings. The summed E-state index contributed by atoms with van der Waals surface area (Å²) in [6.45, 7) is 2.26. The molecule has 0 bridgehead atoms. The van der Waals surface area contributed by atoms with Gasteiger partial charge in [-0.1, -0.05) is 0 Å². The van der Waals surface area contributed by atoms with Crippen molar-refractivity contribution in [3.05, 3.63) is 52.0 Å². The van der Waals surface area contributed by atoms with Crippen molar-refractivity contribution in [3.63, 3.8) is 0 Å². The number of hydrogen-bond acceptors (Lipinski definition) is 12. The summed E-state index contributed by atoms with van der Waals surface area (Å²) in [5.74, 6) is -0.657. The highest BCUT2D eigenvalue weighted by molar-refractivity contribution is 7.13. The van der Waals surface area contributed by atoms with Crippen molar-refractivity contribution in [1.29, 1.82) is 0 Å². The second-order valence-corrected chi connectivity index (χ2v) is 10.1. The normalized spacial score (nSPS) is 22.5. The third-order valence-corrected chi connectivity index (χ3v) is 8.09. The molecule has 11 nitrogen and oxygen atoms in total. The van der Waals surface area contributed by atoms with Crippen molar-refractivity contribution >= 4 is 28.4 Å². The number of anilines is 1. The van der Waals surface area contributed by atoms with E-state index >= 15 is 0 Å². The average molecular weight is 555 g/mol. The lowest BCUT2D eigenvalue weighted by atomic mass is 9.65. The Bertz CT molecular complexity index is 1430. The number of thiazole rings is 1. The van der Waals surface area contributed by atoms with Crippen LogP contribution in [0.15, 0.2) is 29.6 Å². The molecule has 39 heavy (non-hydrogen) atoms. The lowest BCUT2D eigenvalue weighted by Gasteiger charge is -2.39. The lowest BCUT2D eigenvalue weighted by molar-refractivity contribution is -0.141. The van der Waals surface area contributed by atoms with E-state index in [1.807, 2.05) is 12.1 Å². The van der Waals surface area contributed by atoms with Crippen LogP contribution in [0.3, 0.4) is 0 Å². The average Bonchev–Trinajstić information content (AvgIpc) is 3.68. The van der Waals surface area contributed by atoms with Gasteiger partial charge in [-0.2, -0.15) is 0 Å². The number of methoxy groups -OCH3 is 2. The number of carbonyl (C=O) groups is 2. The van der Waals surface area contributed by atoms with Crippen LogP contribution in [0.1, 0.15) is 46.1 Å². The summed E-state index contributed by atoms with van der Waals surface area (Å²) in [7, 11) is 2.91. The number of esters is 2. The van der Waals surface area contributed by atoms with Crippen molar-refractivity contribution in [2.75, 3.05) is 39.5 Å². The molecule has 1 saturated heterocycles. The second kappa shape index (κ2) is 9.84. The van der Waals surface area contributed by atoms with Crippen LogP contribution in [0.4, 0.5) is 5.13 Å². The minimum atomic E-state index is -0.571. The van der Waals surface area contributed by atoms with Crippen molar-refractivity contribution in [2.24, 2.45) is 11.8 Å².